The molecule has 1 atom stereocenters. The number of carbonyl (C=O) groups excluding carboxylic acids is 3. The van der Waals surface area contributed by atoms with Crippen molar-refractivity contribution < 1.29 is 19.1 Å². The normalized spacial score (nSPS) is 11.5. The Balaban J connectivity index is 2.85. The second kappa shape index (κ2) is 6.53. The number of anilines is 1. The summed E-state index contributed by atoms with van der Waals surface area (Å²) in [5.41, 5.74) is 6.34. The Morgan fingerprint density at radius 3 is 2.47 bits per heavy atom. The Labute approximate surface area is 110 Å². The molecular weight excluding hydrogens is 248 g/mol. The van der Waals surface area contributed by atoms with Gasteiger partial charge < -0.3 is 15.8 Å². The summed E-state index contributed by atoms with van der Waals surface area (Å²) in [5.74, 6) is -1.41. The van der Waals surface area contributed by atoms with E-state index in [1.807, 2.05) is 0 Å². The van der Waals surface area contributed by atoms with Gasteiger partial charge in [-0.1, -0.05) is 12.1 Å². The molecule has 0 saturated heterocycles. The maximum atomic E-state index is 12.0. The summed E-state index contributed by atoms with van der Waals surface area (Å²) in [5, 5.41) is 2.38. The van der Waals surface area contributed by atoms with Gasteiger partial charge in [0.2, 0.25) is 5.91 Å². The second-order valence-electron chi connectivity index (χ2n) is 3.99. The number of Topliss-reactive ketones (excluding diaryl/α,β-unsaturated/α-hetero) is 1. The van der Waals surface area contributed by atoms with Crippen LogP contribution in [0.15, 0.2) is 24.3 Å². The number of nitrogen functional groups attached to an aromatic ring is 1. The fourth-order valence-corrected chi connectivity index (χ4v) is 1.63. The lowest BCUT2D eigenvalue weighted by molar-refractivity contribution is -0.144. The molecule has 0 fully saturated rings. The average Bonchev–Trinajstić information content (AvgIpc) is 2.36. The smallest absolute Gasteiger partial charge is 0.328 e. The van der Waals surface area contributed by atoms with E-state index >= 15 is 0 Å². The van der Waals surface area contributed by atoms with Crippen LogP contribution in [0.1, 0.15) is 23.7 Å². The van der Waals surface area contributed by atoms with Gasteiger partial charge in [-0.2, -0.15) is 0 Å². The number of hydrogen-bond acceptors (Lipinski definition) is 5. The molecule has 0 aromatic heterocycles. The zero-order chi connectivity index (χ0) is 14.4. The van der Waals surface area contributed by atoms with Crippen molar-refractivity contribution in [2.45, 2.75) is 19.4 Å². The van der Waals surface area contributed by atoms with E-state index in [0.29, 0.717) is 11.3 Å². The molecule has 0 heterocycles. The Morgan fingerprint density at radius 1 is 1.32 bits per heavy atom. The molecule has 19 heavy (non-hydrogen) atoms. The predicted molar refractivity (Wildman–Crippen MR) is 69.4 cm³/mol. The second-order valence-corrected chi connectivity index (χ2v) is 3.99. The van der Waals surface area contributed by atoms with Crippen LogP contribution in [-0.2, 0) is 14.3 Å². The van der Waals surface area contributed by atoms with Crippen LogP contribution in [0.5, 0.6) is 0 Å². The number of esters is 1. The van der Waals surface area contributed by atoms with E-state index in [0.717, 1.165) is 0 Å². The van der Waals surface area contributed by atoms with Crippen molar-refractivity contribution in [2.24, 2.45) is 0 Å². The van der Waals surface area contributed by atoms with Crippen molar-refractivity contribution in [3.8, 4) is 0 Å². The van der Waals surface area contributed by atoms with Gasteiger partial charge in [-0.15, -0.1) is 0 Å². The van der Waals surface area contributed by atoms with Gasteiger partial charge in [0, 0.05) is 24.6 Å². The quantitative estimate of drug-likeness (QED) is 0.459. The first-order chi connectivity index (χ1) is 8.95. The molecule has 0 spiro atoms. The lowest BCUT2D eigenvalue weighted by Gasteiger charge is -2.15. The first-order valence-corrected chi connectivity index (χ1v) is 5.68. The molecule has 1 unspecified atom stereocenters. The van der Waals surface area contributed by atoms with Crippen molar-refractivity contribution in [3.05, 3.63) is 29.8 Å². The lowest BCUT2D eigenvalue weighted by Crippen LogP contribution is -2.41. The van der Waals surface area contributed by atoms with Crippen LogP contribution in [0.3, 0.4) is 0 Å². The van der Waals surface area contributed by atoms with Crippen LogP contribution in [-0.4, -0.2) is 30.8 Å². The highest BCUT2D eigenvalue weighted by atomic mass is 16.5. The van der Waals surface area contributed by atoms with Crippen molar-refractivity contribution in [1.82, 2.24) is 5.32 Å². The number of nitrogens with one attached hydrogen (secondary N) is 1. The number of benzene rings is 1. The van der Waals surface area contributed by atoms with Crippen molar-refractivity contribution in [2.75, 3.05) is 12.8 Å². The van der Waals surface area contributed by atoms with Gasteiger partial charge in [0.15, 0.2) is 5.78 Å². The highest BCUT2D eigenvalue weighted by molar-refractivity contribution is 6.03. The molecule has 1 aromatic carbocycles. The van der Waals surface area contributed by atoms with Crippen LogP contribution in [0.4, 0.5) is 5.69 Å². The topological polar surface area (TPSA) is 98.5 Å². The summed E-state index contributed by atoms with van der Waals surface area (Å²) in [6.07, 6.45) is -0.194. The monoisotopic (exact) mass is 264 g/mol. The maximum Gasteiger partial charge on any atom is 0.328 e. The van der Waals surface area contributed by atoms with Crippen molar-refractivity contribution in [3.63, 3.8) is 0 Å². The highest BCUT2D eigenvalue weighted by Gasteiger charge is 2.24. The first-order valence-electron chi connectivity index (χ1n) is 5.68. The number of methoxy groups -OCH3 is 1. The van der Waals surface area contributed by atoms with Crippen LogP contribution < -0.4 is 11.1 Å². The fraction of sp³-hybridized carbons (Fsp3) is 0.308. The van der Waals surface area contributed by atoms with E-state index in [1.165, 1.54) is 14.0 Å². The molecule has 0 saturated carbocycles. The Hall–Kier alpha value is -2.37. The minimum Gasteiger partial charge on any atom is -0.467 e. The zero-order valence-electron chi connectivity index (χ0n) is 10.8. The third-order valence-electron chi connectivity index (χ3n) is 2.51. The van der Waals surface area contributed by atoms with E-state index in [-0.39, 0.29) is 12.2 Å². The van der Waals surface area contributed by atoms with Gasteiger partial charge in [0.25, 0.3) is 0 Å². The molecule has 1 rings (SSSR count). The van der Waals surface area contributed by atoms with Crippen molar-refractivity contribution in [1.29, 1.82) is 0 Å². The van der Waals surface area contributed by atoms with Gasteiger partial charge >= 0.3 is 5.97 Å². The number of para-hydroxylation sites is 1. The van der Waals surface area contributed by atoms with Crippen LogP contribution in [0, 0.1) is 0 Å². The molecule has 1 amide bonds. The summed E-state index contributed by atoms with van der Waals surface area (Å²) in [4.78, 5) is 34.5. The van der Waals surface area contributed by atoms with E-state index in [1.54, 1.807) is 24.3 Å². The van der Waals surface area contributed by atoms with Gasteiger partial charge in [0.1, 0.15) is 6.04 Å². The van der Waals surface area contributed by atoms with Crippen LogP contribution in [0.2, 0.25) is 0 Å². The number of rotatable bonds is 5. The first kappa shape index (κ1) is 14.7. The molecule has 3 N–H and O–H groups in total. The molecule has 0 aliphatic rings. The third kappa shape index (κ3) is 4.09. The minimum absolute atomic E-state index is 0.194. The maximum absolute atomic E-state index is 12.0. The van der Waals surface area contributed by atoms with Gasteiger partial charge in [-0.05, 0) is 12.1 Å². The Morgan fingerprint density at radius 2 is 1.95 bits per heavy atom. The summed E-state index contributed by atoms with van der Waals surface area (Å²) in [6, 6.07) is 5.54. The van der Waals surface area contributed by atoms with Gasteiger partial charge in [-0.3, -0.25) is 9.59 Å². The molecule has 6 nitrogen and oxygen atoms in total. The number of hydrogen-bond donors (Lipinski definition) is 2. The van der Waals surface area contributed by atoms with E-state index in [2.05, 4.69) is 10.1 Å². The molecule has 6 heteroatoms. The molecule has 0 aliphatic heterocycles. The molecule has 0 aliphatic carbocycles. The van der Waals surface area contributed by atoms with E-state index in [4.69, 9.17) is 5.73 Å². The molecule has 0 radical (unpaired) electrons. The molecule has 0 bridgehead atoms. The fourth-order valence-electron chi connectivity index (χ4n) is 1.63. The van der Waals surface area contributed by atoms with Crippen LogP contribution >= 0.6 is 0 Å². The van der Waals surface area contributed by atoms with Crippen LogP contribution in [0.25, 0.3) is 0 Å². The average molecular weight is 264 g/mol. The SMILES string of the molecule is COC(=O)C(CC(=O)c1ccccc1N)NC(C)=O. The summed E-state index contributed by atoms with van der Waals surface area (Å²) in [6.45, 7) is 1.26. The third-order valence-corrected chi connectivity index (χ3v) is 2.51. The molecular formula is C13H16N2O4. The van der Waals surface area contributed by atoms with Crippen molar-refractivity contribution >= 4 is 23.3 Å². The lowest BCUT2D eigenvalue weighted by atomic mass is 10.0. The number of carbonyl (C=O) groups is 3. The standard InChI is InChI=1S/C13H16N2O4/c1-8(16)15-11(13(18)19-2)7-12(17)9-5-3-4-6-10(9)14/h3-6,11H,7,14H2,1-2H3,(H,15,16). The highest BCUT2D eigenvalue weighted by Crippen LogP contribution is 2.14. The number of nitrogens with two attached hydrogens (primary N) is 1. The van der Waals surface area contributed by atoms with Gasteiger partial charge in [0.05, 0.1) is 7.11 Å². The van der Waals surface area contributed by atoms with Gasteiger partial charge in [-0.25, -0.2) is 4.79 Å². The number of ether oxygens (including phenoxy) is 1. The summed E-state index contributed by atoms with van der Waals surface area (Å²) < 4.78 is 4.54. The summed E-state index contributed by atoms with van der Waals surface area (Å²) in [7, 11) is 1.19. The Bertz CT molecular complexity index is 499. The van der Waals surface area contributed by atoms with E-state index < -0.39 is 17.9 Å². The number of amides is 1. The number of ketones is 1. The predicted octanol–water partition coefficient (Wildman–Crippen LogP) is 0.519. The molecule has 102 valence electrons. The van der Waals surface area contributed by atoms with E-state index in [9.17, 15) is 14.4 Å². The minimum atomic E-state index is -1.00. The molecule has 1 aromatic rings. The zero-order valence-corrected chi connectivity index (χ0v) is 10.8. The largest absolute Gasteiger partial charge is 0.467 e. The Kier molecular flexibility index (Phi) is 5.05. The summed E-state index contributed by atoms with van der Waals surface area (Å²) >= 11 is 0.